The second kappa shape index (κ2) is 4.72. The predicted octanol–water partition coefficient (Wildman–Crippen LogP) is 3.18. The van der Waals surface area contributed by atoms with Gasteiger partial charge in [-0.3, -0.25) is 10.1 Å². The van der Waals surface area contributed by atoms with E-state index in [9.17, 15) is 18.9 Å². The number of hydrogen-bond acceptors (Lipinski definition) is 4. The lowest BCUT2D eigenvalue weighted by Crippen LogP contribution is -2.19. The SMILES string of the molecule is CSC1(CNc2c([N+](=O)[O-])ccc(F)c2F)CC1. The van der Waals surface area contributed by atoms with Crippen molar-refractivity contribution in [1.82, 2.24) is 0 Å². The molecule has 1 aromatic carbocycles. The van der Waals surface area contributed by atoms with Gasteiger partial charge in [-0.2, -0.15) is 11.8 Å². The van der Waals surface area contributed by atoms with Gasteiger partial charge in [0.25, 0.3) is 5.69 Å². The van der Waals surface area contributed by atoms with E-state index in [1.165, 1.54) is 0 Å². The van der Waals surface area contributed by atoms with Crippen LogP contribution < -0.4 is 5.32 Å². The number of thioether (sulfide) groups is 1. The van der Waals surface area contributed by atoms with Crippen molar-refractivity contribution in [2.45, 2.75) is 17.6 Å². The molecular formula is C11H12F2N2O2S. The molecule has 1 fully saturated rings. The number of anilines is 1. The van der Waals surface area contributed by atoms with Crippen LogP contribution in [-0.2, 0) is 0 Å². The maximum atomic E-state index is 13.6. The highest BCUT2D eigenvalue weighted by Gasteiger charge is 2.42. The smallest absolute Gasteiger partial charge is 0.295 e. The number of halogens is 2. The lowest BCUT2D eigenvalue weighted by Gasteiger charge is -2.14. The molecule has 2 rings (SSSR count). The minimum absolute atomic E-state index is 0.00657. The molecular weight excluding hydrogens is 262 g/mol. The first-order valence-corrected chi connectivity index (χ1v) is 6.63. The van der Waals surface area contributed by atoms with Crippen LogP contribution in [0.3, 0.4) is 0 Å². The molecule has 0 amide bonds. The van der Waals surface area contributed by atoms with Crippen LogP contribution in [0.25, 0.3) is 0 Å². The molecule has 0 atom stereocenters. The van der Waals surface area contributed by atoms with Gasteiger partial charge in [-0.15, -0.1) is 0 Å². The zero-order valence-electron chi connectivity index (χ0n) is 9.70. The minimum atomic E-state index is -1.19. The first-order valence-electron chi connectivity index (χ1n) is 5.40. The Balaban J connectivity index is 2.24. The van der Waals surface area contributed by atoms with Crippen LogP contribution in [0.15, 0.2) is 12.1 Å². The molecule has 1 aliphatic carbocycles. The van der Waals surface area contributed by atoms with Gasteiger partial charge in [0.2, 0.25) is 0 Å². The third-order valence-corrected chi connectivity index (χ3v) is 4.52. The summed E-state index contributed by atoms with van der Waals surface area (Å²) in [5.41, 5.74) is -0.800. The van der Waals surface area contributed by atoms with Crippen molar-refractivity contribution in [3.63, 3.8) is 0 Å². The Morgan fingerprint density at radius 3 is 2.67 bits per heavy atom. The monoisotopic (exact) mass is 274 g/mol. The Hall–Kier alpha value is -1.37. The van der Waals surface area contributed by atoms with Crippen LogP contribution in [0.1, 0.15) is 12.8 Å². The third-order valence-electron chi connectivity index (χ3n) is 3.10. The van der Waals surface area contributed by atoms with E-state index in [1.54, 1.807) is 11.8 Å². The van der Waals surface area contributed by atoms with Crippen molar-refractivity contribution in [3.05, 3.63) is 33.9 Å². The molecule has 0 radical (unpaired) electrons. The van der Waals surface area contributed by atoms with Gasteiger partial charge in [0.15, 0.2) is 17.3 Å². The number of nitrogens with one attached hydrogen (secondary N) is 1. The van der Waals surface area contributed by atoms with Crippen LogP contribution in [0.2, 0.25) is 0 Å². The number of hydrogen-bond donors (Lipinski definition) is 1. The molecule has 1 aromatic rings. The van der Waals surface area contributed by atoms with Gasteiger partial charge in [-0.05, 0) is 25.2 Å². The van der Waals surface area contributed by atoms with Crippen molar-refractivity contribution in [2.24, 2.45) is 0 Å². The number of benzene rings is 1. The average molecular weight is 274 g/mol. The fraction of sp³-hybridized carbons (Fsp3) is 0.455. The molecule has 1 aliphatic rings. The van der Waals surface area contributed by atoms with Crippen molar-refractivity contribution in [1.29, 1.82) is 0 Å². The molecule has 0 aliphatic heterocycles. The first-order chi connectivity index (χ1) is 8.49. The van der Waals surface area contributed by atoms with E-state index in [4.69, 9.17) is 0 Å². The molecule has 4 nitrogen and oxygen atoms in total. The second-order valence-corrected chi connectivity index (χ2v) is 5.53. The number of rotatable bonds is 5. The number of nitro benzene ring substituents is 1. The van der Waals surface area contributed by atoms with Crippen molar-refractivity contribution in [2.75, 3.05) is 18.1 Å². The summed E-state index contributed by atoms with van der Waals surface area (Å²) in [4.78, 5) is 10.0. The normalized spacial score (nSPS) is 16.4. The van der Waals surface area contributed by atoms with E-state index >= 15 is 0 Å². The van der Waals surface area contributed by atoms with Crippen molar-refractivity contribution < 1.29 is 13.7 Å². The molecule has 1 saturated carbocycles. The molecule has 0 aromatic heterocycles. The Kier molecular flexibility index (Phi) is 3.43. The maximum Gasteiger partial charge on any atom is 0.295 e. The van der Waals surface area contributed by atoms with Crippen LogP contribution in [-0.4, -0.2) is 22.5 Å². The van der Waals surface area contributed by atoms with Crippen LogP contribution in [0, 0.1) is 21.7 Å². The molecule has 0 unspecified atom stereocenters. The summed E-state index contributed by atoms with van der Waals surface area (Å²) in [5, 5.41) is 13.4. The van der Waals surface area contributed by atoms with Gasteiger partial charge in [-0.1, -0.05) is 0 Å². The average Bonchev–Trinajstić information content (AvgIpc) is 3.11. The molecule has 7 heteroatoms. The second-order valence-electron chi connectivity index (χ2n) is 4.25. The van der Waals surface area contributed by atoms with Gasteiger partial charge in [-0.25, -0.2) is 8.78 Å². The van der Waals surface area contributed by atoms with Crippen molar-refractivity contribution in [3.8, 4) is 0 Å². The van der Waals surface area contributed by atoms with Crippen molar-refractivity contribution >= 4 is 23.1 Å². The quantitative estimate of drug-likeness (QED) is 0.662. The zero-order valence-corrected chi connectivity index (χ0v) is 10.5. The lowest BCUT2D eigenvalue weighted by atomic mass is 10.2. The molecule has 0 spiro atoms. The van der Waals surface area contributed by atoms with Crippen LogP contribution in [0.5, 0.6) is 0 Å². The zero-order chi connectivity index (χ0) is 13.3. The van der Waals surface area contributed by atoms with E-state index in [0.717, 1.165) is 25.0 Å². The summed E-state index contributed by atoms with van der Waals surface area (Å²) in [7, 11) is 0. The lowest BCUT2D eigenvalue weighted by molar-refractivity contribution is -0.384. The summed E-state index contributed by atoms with van der Waals surface area (Å²) in [6.45, 7) is 0.398. The summed E-state index contributed by atoms with van der Waals surface area (Å²) in [6.07, 6.45) is 3.89. The van der Waals surface area contributed by atoms with E-state index in [-0.39, 0.29) is 10.4 Å². The third kappa shape index (κ3) is 2.40. The Morgan fingerprint density at radius 1 is 1.50 bits per heavy atom. The topological polar surface area (TPSA) is 55.2 Å². The molecule has 0 bridgehead atoms. The van der Waals surface area contributed by atoms with E-state index < -0.39 is 22.2 Å². The molecule has 1 N–H and O–H groups in total. The fourth-order valence-corrected chi connectivity index (χ4v) is 2.43. The molecule has 18 heavy (non-hydrogen) atoms. The van der Waals surface area contributed by atoms with Gasteiger partial charge in [0.05, 0.1) is 4.92 Å². The van der Waals surface area contributed by atoms with Crippen LogP contribution >= 0.6 is 11.8 Å². The largest absolute Gasteiger partial charge is 0.376 e. The molecule has 0 heterocycles. The minimum Gasteiger partial charge on any atom is -0.376 e. The Labute approximate surface area is 107 Å². The standard InChI is InChI=1S/C11H12F2N2O2S/c1-18-11(4-5-11)6-14-10-8(15(16)17)3-2-7(12)9(10)13/h2-3,14H,4-6H2,1H3. The summed E-state index contributed by atoms with van der Waals surface area (Å²) in [6, 6.07) is 1.74. The summed E-state index contributed by atoms with van der Waals surface area (Å²) >= 11 is 1.63. The van der Waals surface area contributed by atoms with E-state index in [2.05, 4.69) is 5.32 Å². The summed E-state index contributed by atoms with van der Waals surface area (Å²) in [5.74, 6) is -2.28. The highest BCUT2D eigenvalue weighted by atomic mass is 32.2. The molecule has 98 valence electrons. The van der Waals surface area contributed by atoms with Crippen LogP contribution in [0.4, 0.5) is 20.2 Å². The first kappa shape index (κ1) is 13.1. The van der Waals surface area contributed by atoms with Gasteiger partial charge in [0, 0.05) is 17.4 Å². The van der Waals surface area contributed by atoms with Gasteiger partial charge < -0.3 is 5.32 Å². The molecule has 0 saturated heterocycles. The van der Waals surface area contributed by atoms with Gasteiger partial charge >= 0.3 is 0 Å². The van der Waals surface area contributed by atoms with E-state index in [0.29, 0.717) is 6.54 Å². The van der Waals surface area contributed by atoms with E-state index in [1.807, 2.05) is 6.26 Å². The number of nitro groups is 1. The Morgan fingerprint density at radius 2 is 2.17 bits per heavy atom. The summed E-state index contributed by atoms with van der Waals surface area (Å²) < 4.78 is 26.7. The number of nitrogens with zero attached hydrogens (tertiary/aromatic N) is 1. The highest BCUT2D eigenvalue weighted by molar-refractivity contribution is 8.00. The maximum absolute atomic E-state index is 13.6. The Bertz CT molecular complexity index is 492. The highest BCUT2D eigenvalue weighted by Crippen LogP contribution is 2.47. The predicted molar refractivity (Wildman–Crippen MR) is 67.0 cm³/mol. The fourth-order valence-electron chi connectivity index (χ4n) is 1.70. The van der Waals surface area contributed by atoms with Gasteiger partial charge in [0.1, 0.15) is 0 Å².